The van der Waals surface area contributed by atoms with E-state index in [1.807, 2.05) is 69.2 Å². The van der Waals surface area contributed by atoms with Crippen LogP contribution in [-0.4, -0.2) is 254 Å². The number of amides is 6. The molecule has 3 aliphatic heterocycles. The van der Waals surface area contributed by atoms with Gasteiger partial charge in [0.2, 0.25) is 35.4 Å². The fraction of sp³-hybridized carbons (Fsp3) is 0.840. The van der Waals surface area contributed by atoms with E-state index in [0.717, 1.165) is 0 Å². The first kappa shape index (κ1) is 96.2. The van der Waals surface area contributed by atoms with Gasteiger partial charge in [-0.1, -0.05) is 41.5 Å². The number of Topliss-reactive ketones (excluding diaryl/α,β-unsaturated/α-hetero) is 1. The van der Waals surface area contributed by atoms with Gasteiger partial charge >= 0.3 is 23.9 Å². The van der Waals surface area contributed by atoms with Gasteiger partial charge < -0.3 is 103 Å². The number of esters is 4. The summed E-state index contributed by atoms with van der Waals surface area (Å²) in [7, 11) is -1.54. The van der Waals surface area contributed by atoms with Crippen LogP contribution < -0.4 is 31.9 Å². The molecule has 3 saturated heterocycles. The Kier molecular flexibility index (Phi) is 45.1. The summed E-state index contributed by atoms with van der Waals surface area (Å²) in [4.78, 5) is 142. The van der Waals surface area contributed by atoms with E-state index in [1.165, 1.54) is 41.5 Å². The van der Waals surface area contributed by atoms with Gasteiger partial charge in [-0.15, -0.1) is 0 Å². The average Bonchev–Trinajstić information content (AvgIpc) is 0.813. The molecule has 1 saturated carbocycles. The lowest BCUT2D eigenvalue weighted by atomic mass is 9.82. The van der Waals surface area contributed by atoms with Crippen molar-refractivity contribution in [3.8, 4) is 6.07 Å². The van der Waals surface area contributed by atoms with Crippen molar-refractivity contribution in [1.29, 1.82) is 5.26 Å². The molecule has 0 spiro atoms. The number of nitrogens with one attached hydrogen (secondary N) is 6. The van der Waals surface area contributed by atoms with Crippen LogP contribution in [0.2, 0.25) is 0 Å². The van der Waals surface area contributed by atoms with Crippen molar-refractivity contribution in [3.63, 3.8) is 0 Å². The van der Waals surface area contributed by atoms with E-state index in [0.29, 0.717) is 38.5 Å². The lowest BCUT2D eigenvalue weighted by Gasteiger charge is -2.44. The van der Waals surface area contributed by atoms with Crippen LogP contribution in [0.25, 0.3) is 0 Å². The number of rotatable bonds is 50. The van der Waals surface area contributed by atoms with E-state index in [9.17, 15) is 58.0 Å². The predicted molar refractivity (Wildman–Crippen MR) is 397 cm³/mol. The van der Waals surface area contributed by atoms with Crippen LogP contribution in [0.5, 0.6) is 0 Å². The van der Waals surface area contributed by atoms with Crippen molar-refractivity contribution in [2.45, 2.75) is 280 Å². The minimum Gasteiger partial charge on any atom is -0.463 e. The number of hydrogen-bond donors (Lipinski definition) is 6. The van der Waals surface area contributed by atoms with Gasteiger partial charge in [0.25, 0.3) is 8.53 Å². The number of ketones is 1. The van der Waals surface area contributed by atoms with Gasteiger partial charge in [0.05, 0.1) is 102 Å². The maximum atomic E-state index is 14.3. The Morgan fingerprint density at radius 1 is 0.518 bits per heavy atom. The molecule has 4 aliphatic rings. The van der Waals surface area contributed by atoms with Gasteiger partial charge in [0.15, 0.2) is 18.9 Å². The smallest absolute Gasteiger partial charge is 0.303 e. The monoisotopic (exact) mass is 1590 g/mol. The van der Waals surface area contributed by atoms with Crippen LogP contribution in [0.15, 0.2) is 0 Å². The molecule has 110 heavy (non-hydrogen) atoms. The zero-order chi connectivity index (χ0) is 81.6. The molecule has 6 unspecified atom stereocenters. The highest BCUT2D eigenvalue weighted by atomic mass is 31.2. The highest BCUT2D eigenvalue weighted by Crippen LogP contribution is 2.49. The zero-order valence-corrected chi connectivity index (χ0v) is 68.4. The van der Waals surface area contributed by atoms with Gasteiger partial charge in [-0.2, -0.15) is 5.26 Å². The molecule has 0 radical (unpaired) electrons. The lowest BCUT2D eigenvalue weighted by Crippen LogP contribution is -2.61. The van der Waals surface area contributed by atoms with Crippen LogP contribution in [0.3, 0.4) is 0 Å². The van der Waals surface area contributed by atoms with Gasteiger partial charge in [-0.05, 0) is 90.9 Å². The summed E-state index contributed by atoms with van der Waals surface area (Å²) >= 11 is 0. The Bertz CT molecular complexity index is 2900. The molecule has 35 heteroatoms. The van der Waals surface area contributed by atoms with Gasteiger partial charge in [-0.25, -0.2) is 4.67 Å². The Labute approximate surface area is 649 Å². The summed E-state index contributed by atoms with van der Waals surface area (Å²) in [5, 5.41) is 26.3. The van der Waals surface area contributed by atoms with Gasteiger partial charge in [0, 0.05) is 116 Å². The van der Waals surface area contributed by atoms with Crippen LogP contribution in [-0.2, 0) is 123 Å². The third kappa shape index (κ3) is 34.6. The number of hydrogen-bond acceptors (Lipinski definition) is 28. The van der Waals surface area contributed by atoms with Crippen molar-refractivity contribution < 1.29 is 123 Å². The SMILES string of the molecule is CC[C@H]1OC(OCCOCCCC(=O)CCC(NC(=O)CCC(NC(=O)C2CCC(OP(OCCC#N)N(C(C)C)C(C)C)CC2)C(=O)NCCOCCOC2O[C@H](COC(C)=O)[C@H](C)[C@H](C)[C@H]2NC(C)=O)C(=O)NCCOCCOC2O[C@H](COC(C)=O)[C@H](OC(C)=O)[C@H](C)[C@H]2C)[C@H](NC(C)=O)[C@@H](C)[C@H]1OC(C)=O. The molecule has 18 atom stereocenters. The molecule has 6 N–H and O–H groups in total. The zero-order valence-electron chi connectivity index (χ0n) is 67.5. The molecule has 0 aromatic carbocycles. The second-order valence-electron chi connectivity index (χ2n) is 29.1. The Balaban J connectivity index is 1.44. The van der Waals surface area contributed by atoms with E-state index < -0.39 is 136 Å². The molecule has 6 amide bonds. The van der Waals surface area contributed by atoms with Crippen LogP contribution in [0.1, 0.15) is 188 Å². The molecule has 1 aliphatic carbocycles. The minimum absolute atomic E-state index is 0.000603. The van der Waals surface area contributed by atoms with Crippen molar-refractivity contribution in [1.82, 2.24) is 36.6 Å². The first-order valence-corrected chi connectivity index (χ1v) is 40.0. The number of ether oxygens (including phenoxy) is 13. The first-order valence-electron chi connectivity index (χ1n) is 38.9. The van der Waals surface area contributed by atoms with E-state index in [4.69, 9.17) is 70.6 Å². The van der Waals surface area contributed by atoms with Crippen LogP contribution in [0.4, 0.5) is 0 Å². The third-order valence-electron chi connectivity index (χ3n) is 19.7. The number of carbonyl (C=O) groups is 11. The second kappa shape index (κ2) is 51.5. The minimum atomic E-state index is -1.54. The van der Waals surface area contributed by atoms with Gasteiger partial charge in [0.1, 0.15) is 49.4 Å². The number of carbonyl (C=O) groups excluding carboxylic acids is 11. The summed E-state index contributed by atoms with van der Waals surface area (Å²) in [5.41, 5.74) is 0. The highest BCUT2D eigenvalue weighted by Gasteiger charge is 2.48. The van der Waals surface area contributed by atoms with E-state index >= 15 is 0 Å². The largest absolute Gasteiger partial charge is 0.463 e. The maximum Gasteiger partial charge on any atom is 0.303 e. The fourth-order valence-corrected chi connectivity index (χ4v) is 15.3. The third-order valence-corrected chi connectivity index (χ3v) is 21.9. The van der Waals surface area contributed by atoms with Crippen molar-refractivity contribution in [2.24, 2.45) is 35.5 Å². The van der Waals surface area contributed by atoms with Crippen molar-refractivity contribution >= 4 is 73.6 Å². The standard InChI is InChI=1S/C75H127N8O26P/c1-17-62-69(105-56(16)89)50(10)67(80-52(12)85)75(106-62)100-40-36-95-32-18-20-58(90)23-26-60(71(93)77-30-34-96-37-39-98-73-49(9)48(8)68(104-55(15)88)64(108-73)43-102-54(14)87)81-65(91)28-27-61(82-70(92)57-21-24-59(25-22-57)109-110(103-33-19-29-76)83(44(2)3)45(4)5)72(94)78-31-35-97-38-41-99-74-66(79-51(11)84)47(7)46(6)63(107-74)42-101-53(13)86/h44-50,57,59-64,66-69,73-75H,17-28,30-43H2,1-16H3,(H,77,93)(H,78,94)(H,79,84)(H,80,85)(H,81,91)(H,82,92)/t46-,47+,48-,49-,50-,57?,59?,60?,61?,62-,63-,64-,66-,67-,68-,69-,73?,74?,75?,110?/m1/s1. The fourth-order valence-electron chi connectivity index (χ4n) is 13.6. The van der Waals surface area contributed by atoms with E-state index in [2.05, 4.69) is 42.6 Å². The van der Waals surface area contributed by atoms with Gasteiger partial charge in [-0.3, -0.25) is 52.7 Å². The predicted octanol–water partition coefficient (Wildman–Crippen LogP) is 4.81. The summed E-state index contributed by atoms with van der Waals surface area (Å²) in [6, 6.07) is -1.35. The Morgan fingerprint density at radius 2 is 1.00 bits per heavy atom. The number of nitriles is 1. The van der Waals surface area contributed by atoms with Crippen LogP contribution in [0, 0.1) is 46.8 Å². The quantitative estimate of drug-likeness (QED) is 0.0206. The molecule has 4 rings (SSSR count). The van der Waals surface area contributed by atoms with Crippen LogP contribution >= 0.6 is 8.53 Å². The molecule has 0 aromatic heterocycles. The molecule has 3 heterocycles. The molecule has 0 aromatic rings. The normalized spacial score (nSPS) is 26.9. The second-order valence-corrected chi connectivity index (χ2v) is 30.5. The summed E-state index contributed by atoms with van der Waals surface area (Å²) < 4.78 is 90.5. The summed E-state index contributed by atoms with van der Waals surface area (Å²) in [6.07, 6.45) is -3.69. The van der Waals surface area contributed by atoms with Crippen molar-refractivity contribution in [3.05, 3.63) is 0 Å². The lowest BCUT2D eigenvalue weighted by molar-refractivity contribution is -0.275. The van der Waals surface area contributed by atoms with Crippen molar-refractivity contribution in [2.75, 3.05) is 92.4 Å². The summed E-state index contributed by atoms with van der Waals surface area (Å²) in [6.45, 7) is 28.1. The first-order chi connectivity index (χ1) is 52.3. The Hall–Kier alpha value is -6.19. The Morgan fingerprint density at radius 3 is 1.51 bits per heavy atom. The topological polar surface area (TPSA) is 425 Å². The molecule has 628 valence electrons. The molecular formula is C75H127N8O26P. The van der Waals surface area contributed by atoms with E-state index in [1.54, 1.807) is 0 Å². The number of nitrogens with zero attached hydrogens (tertiary/aromatic N) is 2. The molecule has 0 bridgehead atoms. The molecular weight excluding hydrogens is 1460 g/mol. The molecule has 4 fully saturated rings. The highest BCUT2D eigenvalue weighted by molar-refractivity contribution is 7.44. The molecule has 34 nitrogen and oxygen atoms in total. The average molecular weight is 1590 g/mol. The summed E-state index contributed by atoms with van der Waals surface area (Å²) in [5.74, 6) is -6.66. The maximum absolute atomic E-state index is 14.3. The van der Waals surface area contributed by atoms with E-state index in [-0.39, 0.29) is 196 Å².